The lowest BCUT2D eigenvalue weighted by Crippen LogP contribution is -2.25. The normalized spacial score (nSPS) is 10.6. The second kappa shape index (κ2) is 11.7. The molecule has 0 aromatic heterocycles. The molecule has 0 heterocycles. The van der Waals surface area contributed by atoms with Crippen LogP contribution in [-0.2, 0) is 10.5 Å². The number of nitrogens with one attached hydrogen (secondary N) is 1. The minimum absolute atomic E-state index is 0.120. The summed E-state index contributed by atoms with van der Waals surface area (Å²) in [7, 11) is 0. The highest BCUT2D eigenvalue weighted by atomic mass is 35.5. The van der Waals surface area contributed by atoms with E-state index >= 15 is 0 Å². The lowest BCUT2D eigenvalue weighted by molar-refractivity contribution is -0.120. The molecule has 0 bridgehead atoms. The summed E-state index contributed by atoms with van der Waals surface area (Å²) in [5, 5.41) is 4.52. The number of hydrogen-bond donors (Lipinski definition) is 1. The molecule has 2 aromatic carbocycles. The molecule has 1 amide bonds. The van der Waals surface area contributed by atoms with Crippen molar-refractivity contribution < 1.29 is 4.79 Å². The first-order chi connectivity index (χ1) is 12.1. The van der Waals surface area contributed by atoms with Crippen molar-refractivity contribution in [3.05, 3.63) is 64.1 Å². The van der Waals surface area contributed by atoms with Crippen LogP contribution < -0.4 is 5.32 Å². The van der Waals surface area contributed by atoms with Gasteiger partial charge in [-0.15, -0.1) is 11.8 Å². The average Bonchev–Trinajstić information content (AvgIpc) is 2.61. The molecule has 0 saturated heterocycles. The number of carbonyl (C=O) groups excluding carboxylic acids is 1. The van der Waals surface area contributed by atoms with Gasteiger partial charge in [0.25, 0.3) is 0 Å². The fourth-order valence-corrected chi connectivity index (χ4v) is 4.23. The summed E-state index contributed by atoms with van der Waals surface area (Å²) in [6.45, 7) is 0.693. The van der Waals surface area contributed by atoms with E-state index in [2.05, 4.69) is 5.32 Å². The van der Waals surface area contributed by atoms with E-state index in [-0.39, 0.29) is 5.91 Å². The van der Waals surface area contributed by atoms with Gasteiger partial charge in [-0.3, -0.25) is 4.79 Å². The molecule has 0 spiro atoms. The van der Waals surface area contributed by atoms with Crippen LogP contribution in [0.25, 0.3) is 0 Å². The summed E-state index contributed by atoms with van der Waals surface area (Å²) >= 11 is 15.5. The highest BCUT2D eigenvalue weighted by Gasteiger charge is 2.02. The third kappa shape index (κ3) is 8.41. The molecule has 0 aliphatic rings. The standard InChI is InChI=1S/C19H21Cl2NOS2/c20-16-7-9-17(10-8-16)25-12-3-6-19(23)22-11-13-24-14-15-4-1-2-5-18(15)21/h1-2,4-5,7-10H,3,6,11-14H2,(H,22,23). The summed E-state index contributed by atoms with van der Waals surface area (Å²) in [5.41, 5.74) is 1.14. The Balaban J connectivity index is 1.49. The minimum atomic E-state index is 0.120. The topological polar surface area (TPSA) is 29.1 Å². The smallest absolute Gasteiger partial charge is 0.220 e. The number of benzene rings is 2. The van der Waals surface area contributed by atoms with Crippen molar-refractivity contribution >= 4 is 52.6 Å². The Hall–Kier alpha value is -0.810. The van der Waals surface area contributed by atoms with Crippen LogP contribution in [0, 0.1) is 0 Å². The van der Waals surface area contributed by atoms with Crippen molar-refractivity contribution in [2.75, 3.05) is 18.1 Å². The number of halogens is 2. The largest absolute Gasteiger partial charge is 0.355 e. The van der Waals surface area contributed by atoms with Gasteiger partial charge in [-0.25, -0.2) is 0 Å². The molecule has 2 nitrogen and oxygen atoms in total. The molecule has 0 atom stereocenters. The van der Waals surface area contributed by atoms with E-state index in [1.54, 1.807) is 23.5 Å². The van der Waals surface area contributed by atoms with E-state index in [0.717, 1.165) is 39.3 Å². The SMILES string of the molecule is O=C(CCCSc1ccc(Cl)cc1)NCCSCc1ccccc1Cl. The van der Waals surface area contributed by atoms with Crippen molar-refractivity contribution in [1.29, 1.82) is 0 Å². The van der Waals surface area contributed by atoms with Gasteiger partial charge in [0, 0.05) is 39.4 Å². The second-order valence-corrected chi connectivity index (χ2v) is 8.52. The Kier molecular flexibility index (Phi) is 9.63. The van der Waals surface area contributed by atoms with Crippen LogP contribution in [0.4, 0.5) is 0 Å². The molecule has 2 aromatic rings. The lowest BCUT2D eigenvalue weighted by atomic mass is 10.2. The quantitative estimate of drug-likeness (QED) is 0.387. The van der Waals surface area contributed by atoms with Gasteiger partial charge in [0.05, 0.1) is 0 Å². The minimum Gasteiger partial charge on any atom is -0.355 e. The van der Waals surface area contributed by atoms with Crippen LogP contribution >= 0.6 is 46.7 Å². The zero-order valence-electron chi connectivity index (χ0n) is 13.8. The Bertz CT molecular complexity index is 665. The fourth-order valence-electron chi connectivity index (χ4n) is 2.10. The number of carbonyl (C=O) groups is 1. The van der Waals surface area contributed by atoms with E-state index in [4.69, 9.17) is 23.2 Å². The van der Waals surface area contributed by atoms with E-state index in [9.17, 15) is 4.79 Å². The van der Waals surface area contributed by atoms with Gasteiger partial charge in [-0.1, -0.05) is 41.4 Å². The van der Waals surface area contributed by atoms with Gasteiger partial charge in [0.2, 0.25) is 5.91 Å². The van der Waals surface area contributed by atoms with E-state index in [1.807, 2.05) is 48.5 Å². The molecular formula is C19H21Cl2NOS2. The first-order valence-corrected chi connectivity index (χ1v) is 11.0. The molecule has 1 N–H and O–H groups in total. The van der Waals surface area contributed by atoms with Crippen molar-refractivity contribution in [2.24, 2.45) is 0 Å². The van der Waals surface area contributed by atoms with Crippen molar-refractivity contribution in [3.8, 4) is 0 Å². The summed E-state index contributed by atoms with van der Waals surface area (Å²) in [6, 6.07) is 15.6. The Morgan fingerprint density at radius 3 is 2.52 bits per heavy atom. The van der Waals surface area contributed by atoms with Crippen LogP contribution in [0.2, 0.25) is 10.0 Å². The van der Waals surface area contributed by atoms with Crippen LogP contribution in [0.1, 0.15) is 18.4 Å². The molecular weight excluding hydrogens is 393 g/mol. The maximum atomic E-state index is 11.8. The Labute approximate surface area is 168 Å². The lowest BCUT2D eigenvalue weighted by Gasteiger charge is -2.06. The monoisotopic (exact) mass is 413 g/mol. The summed E-state index contributed by atoms with van der Waals surface area (Å²) < 4.78 is 0. The van der Waals surface area contributed by atoms with Crippen molar-refractivity contribution in [3.63, 3.8) is 0 Å². The number of amides is 1. The van der Waals surface area contributed by atoms with Crippen molar-refractivity contribution in [1.82, 2.24) is 5.32 Å². The highest BCUT2D eigenvalue weighted by Crippen LogP contribution is 2.22. The van der Waals surface area contributed by atoms with Gasteiger partial charge in [-0.05, 0) is 48.1 Å². The first-order valence-electron chi connectivity index (χ1n) is 8.11. The maximum Gasteiger partial charge on any atom is 0.220 e. The average molecular weight is 414 g/mol. The second-order valence-electron chi connectivity index (χ2n) is 5.40. The van der Waals surface area contributed by atoms with Gasteiger partial charge in [0.15, 0.2) is 0 Å². The zero-order valence-corrected chi connectivity index (χ0v) is 17.0. The summed E-state index contributed by atoms with van der Waals surface area (Å²) in [6.07, 6.45) is 1.43. The summed E-state index contributed by atoms with van der Waals surface area (Å²) in [5.74, 6) is 2.80. The van der Waals surface area contributed by atoms with Crippen molar-refractivity contribution in [2.45, 2.75) is 23.5 Å². The van der Waals surface area contributed by atoms with E-state index in [1.165, 1.54) is 4.90 Å². The summed E-state index contributed by atoms with van der Waals surface area (Å²) in [4.78, 5) is 13.0. The van der Waals surface area contributed by atoms with Gasteiger partial charge in [-0.2, -0.15) is 11.8 Å². The van der Waals surface area contributed by atoms with E-state index in [0.29, 0.717) is 13.0 Å². The maximum absolute atomic E-state index is 11.8. The molecule has 134 valence electrons. The number of hydrogen-bond acceptors (Lipinski definition) is 3. The van der Waals surface area contributed by atoms with Gasteiger partial charge in [0.1, 0.15) is 0 Å². The zero-order chi connectivity index (χ0) is 17.9. The molecule has 0 saturated carbocycles. The first kappa shape index (κ1) is 20.5. The number of thioether (sulfide) groups is 2. The third-order valence-corrected chi connectivity index (χ3v) is 6.14. The predicted molar refractivity (Wildman–Crippen MR) is 112 cm³/mol. The number of rotatable bonds is 10. The molecule has 0 fully saturated rings. The van der Waals surface area contributed by atoms with Gasteiger partial charge >= 0.3 is 0 Å². The fraction of sp³-hybridized carbons (Fsp3) is 0.316. The van der Waals surface area contributed by atoms with Crippen LogP contribution in [0.15, 0.2) is 53.4 Å². The van der Waals surface area contributed by atoms with Crippen LogP contribution in [-0.4, -0.2) is 24.0 Å². The molecule has 0 radical (unpaired) electrons. The molecule has 25 heavy (non-hydrogen) atoms. The molecule has 0 aliphatic heterocycles. The molecule has 0 unspecified atom stereocenters. The Morgan fingerprint density at radius 2 is 1.76 bits per heavy atom. The van der Waals surface area contributed by atoms with Crippen LogP contribution in [0.3, 0.4) is 0 Å². The van der Waals surface area contributed by atoms with Gasteiger partial charge < -0.3 is 5.32 Å². The predicted octanol–water partition coefficient (Wildman–Crippen LogP) is 5.92. The highest BCUT2D eigenvalue weighted by molar-refractivity contribution is 7.99. The van der Waals surface area contributed by atoms with Crippen LogP contribution in [0.5, 0.6) is 0 Å². The molecule has 6 heteroatoms. The third-order valence-electron chi connectivity index (χ3n) is 3.41. The molecule has 0 aliphatic carbocycles. The Morgan fingerprint density at radius 1 is 1.00 bits per heavy atom. The van der Waals surface area contributed by atoms with E-state index < -0.39 is 0 Å². The molecule has 2 rings (SSSR count).